The van der Waals surface area contributed by atoms with Crippen molar-refractivity contribution in [3.8, 4) is 5.75 Å². The molecule has 12 nitrogen and oxygen atoms in total. The smallest absolute Gasteiger partial charge is 0.341 e. The number of ether oxygens (including phenoxy) is 1. The molecule has 1 aromatic carbocycles. The number of Topliss-reactive ketones (excluding diaryl/α,β-unsaturated/α-hetero) is 2. The number of likely N-dealkylation sites (N-methyl/N-ethyl adjacent to an activating group) is 1. The van der Waals surface area contributed by atoms with Gasteiger partial charge < -0.3 is 36.0 Å². The van der Waals surface area contributed by atoms with E-state index in [9.17, 15) is 44.7 Å². The van der Waals surface area contributed by atoms with Gasteiger partial charge in [-0.1, -0.05) is 13.0 Å². The predicted molar refractivity (Wildman–Crippen MR) is 121 cm³/mol. The molecule has 0 bridgehead atoms. The second kappa shape index (κ2) is 8.15. The van der Waals surface area contributed by atoms with Crippen LogP contribution in [-0.4, -0.2) is 92.8 Å². The first-order valence-corrected chi connectivity index (χ1v) is 11.0. The summed E-state index contributed by atoms with van der Waals surface area (Å²) in [6.07, 6.45) is -1.69. The lowest BCUT2D eigenvalue weighted by Crippen LogP contribution is -2.68. The van der Waals surface area contributed by atoms with Gasteiger partial charge in [0.1, 0.15) is 28.4 Å². The van der Waals surface area contributed by atoms with Crippen LogP contribution in [-0.2, 0) is 14.3 Å². The van der Waals surface area contributed by atoms with E-state index in [0.29, 0.717) is 0 Å². The zero-order valence-corrected chi connectivity index (χ0v) is 19.8. The first kappa shape index (κ1) is 25.4. The number of esters is 1. The molecule has 0 aromatic heterocycles. The number of nitrogens with two attached hydrogens (primary N) is 1. The molecular formula is C24H26N2O10. The van der Waals surface area contributed by atoms with Crippen LogP contribution in [0.15, 0.2) is 34.8 Å². The molecule has 0 radical (unpaired) electrons. The van der Waals surface area contributed by atoms with E-state index in [1.807, 2.05) is 0 Å². The Morgan fingerprint density at radius 3 is 2.28 bits per heavy atom. The average molecular weight is 502 g/mol. The van der Waals surface area contributed by atoms with Crippen molar-refractivity contribution in [3.63, 3.8) is 0 Å². The van der Waals surface area contributed by atoms with Crippen molar-refractivity contribution < 1.29 is 49.4 Å². The second-order valence-electron chi connectivity index (χ2n) is 9.47. The van der Waals surface area contributed by atoms with Crippen molar-refractivity contribution in [1.82, 2.24) is 4.90 Å². The fraction of sp³-hybridized carbons (Fsp3) is 0.417. The number of aliphatic hydroxyl groups is 4. The Labute approximate surface area is 204 Å². The number of methoxy groups -OCH3 is 1. The molecule has 0 fully saturated rings. The lowest BCUT2D eigenvalue weighted by atomic mass is 9.55. The molecule has 0 saturated carbocycles. The molecule has 192 valence electrons. The van der Waals surface area contributed by atoms with Crippen LogP contribution in [0.2, 0.25) is 0 Å². The third-order valence-corrected chi connectivity index (χ3v) is 7.54. The molecule has 4 rings (SSSR count). The zero-order chi connectivity index (χ0) is 27.0. The highest BCUT2D eigenvalue weighted by Gasteiger charge is 2.67. The first-order valence-electron chi connectivity index (χ1n) is 11.0. The molecule has 3 aliphatic carbocycles. The highest BCUT2D eigenvalue weighted by molar-refractivity contribution is 6.25. The second-order valence-corrected chi connectivity index (χ2v) is 9.47. The van der Waals surface area contributed by atoms with E-state index < -0.39 is 87.4 Å². The zero-order valence-electron chi connectivity index (χ0n) is 19.8. The summed E-state index contributed by atoms with van der Waals surface area (Å²) in [6.45, 7) is 1.59. The van der Waals surface area contributed by atoms with E-state index in [4.69, 9.17) is 5.73 Å². The van der Waals surface area contributed by atoms with Crippen LogP contribution in [0.3, 0.4) is 0 Å². The van der Waals surface area contributed by atoms with Crippen LogP contribution < -0.4 is 5.73 Å². The number of phenolic OH excluding ortho intramolecular Hbond substituents is 1. The molecule has 0 aliphatic heterocycles. The van der Waals surface area contributed by atoms with E-state index in [-0.39, 0.29) is 16.7 Å². The minimum Gasteiger partial charge on any atom is -0.510 e. The Hall–Kier alpha value is -3.74. The molecule has 12 heteroatoms. The number of nitrogens with zero attached hydrogens (tertiary/aromatic N) is 1. The molecular weight excluding hydrogens is 476 g/mol. The van der Waals surface area contributed by atoms with Gasteiger partial charge in [-0.2, -0.15) is 0 Å². The molecule has 7 N–H and O–H groups in total. The summed E-state index contributed by atoms with van der Waals surface area (Å²) in [7, 11) is 3.99. The number of ketones is 2. The van der Waals surface area contributed by atoms with Gasteiger partial charge >= 0.3 is 5.97 Å². The topological polar surface area (TPSA) is 208 Å². The lowest BCUT2D eigenvalue weighted by molar-refractivity contribution is -0.162. The van der Waals surface area contributed by atoms with E-state index >= 15 is 0 Å². The molecule has 0 spiro atoms. The fourth-order valence-electron chi connectivity index (χ4n) is 5.90. The number of carbonyl (C=O) groups excluding carboxylic acids is 4. The van der Waals surface area contributed by atoms with Crippen molar-refractivity contribution >= 4 is 23.4 Å². The predicted octanol–water partition coefficient (Wildman–Crippen LogP) is -0.561. The lowest BCUT2D eigenvalue weighted by Gasteiger charge is -2.53. The number of primary amides is 1. The van der Waals surface area contributed by atoms with Gasteiger partial charge in [-0.25, -0.2) is 4.79 Å². The maximum Gasteiger partial charge on any atom is 0.341 e. The van der Waals surface area contributed by atoms with E-state index in [0.717, 1.165) is 7.11 Å². The van der Waals surface area contributed by atoms with Gasteiger partial charge in [-0.15, -0.1) is 0 Å². The maximum atomic E-state index is 13.6. The standard InChI is InChI=1S/C24H26N2O10/c1-7-8-5-6-9(23(34)36-4)16(27)11(8)17(28)12-10(7)18(29)14-15(26(2)3)19(30)13(22(25)33)21(32)24(14,35)20(12)31/h5-7,10,14-15,18,27,29-31,35H,1-4H3,(H2,25,33)/t7-,10?,14?,15-,18-,24?/m1/s1. The molecule has 36 heavy (non-hydrogen) atoms. The normalized spacial score (nSPS) is 31.7. The van der Waals surface area contributed by atoms with Crippen LogP contribution in [0, 0.1) is 11.8 Å². The summed E-state index contributed by atoms with van der Waals surface area (Å²) in [6, 6.07) is 1.32. The number of rotatable bonds is 3. The van der Waals surface area contributed by atoms with Gasteiger partial charge in [0.15, 0.2) is 11.4 Å². The number of amides is 1. The van der Waals surface area contributed by atoms with Gasteiger partial charge in [-0.3, -0.25) is 19.3 Å². The van der Waals surface area contributed by atoms with Gasteiger partial charge in [0.25, 0.3) is 5.91 Å². The van der Waals surface area contributed by atoms with E-state index in [2.05, 4.69) is 4.74 Å². The summed E-state index contributed by atoms with van der Waals surface area (Å²) < 4.78 is 4.62. The Morgan fingerprint density at radius 2 is 1.75 bits per heavy atom. The van der Waals surface area contributed by atoms with Crippen LogP contribution in [0.25, 0.3) is 0 Å². The van der Waals surface area contributed by atoms with E-state index in [1.54, 1.807) is 6.92 Å². The van der Waals surface area contributed by atoms with Crippen LogP contribution in [0.5, 0.6) is 5.75 Å². The van der Waals surface area contributed by atoms with Gasteiger partial charge in [-0.05, 0) is 31.6 Å². The van der Waals surface area contributed by atoms with Crippen molar-refractivity contribution in [2.75, 3.05) is 21.2 Å². The largest absolute Gasteiger partial charge is 0.510 e. The summed E-state index contributed by atoms with van der Waals surface area (Å²) in [4.78, 5) is 52.4. The number of aliphatic hydroxyl groups excluding tert-OH is 3. The summed E-state index contributed by atoms with van der Waals surface area (Å²) in [5, 5.41) is 55.9. The number of fused-ring (bicyclic) bond motifs is 3. The highest BCUT2D eigenvalue weighted by atomic mass is 16.5. The molecule has 3 aliphatic rings. The summed E-state index contributed by atoms with van der Waals surface area (Å²) >= 11 is 0. The Kier molecular flexibility index (Phi) is 5.74. The SMILES string of the molecule is COC(=O)c1ccc2c(c1O)C(=O)C1=C(O)C3(O)C(=O)C(C(N)=O)=C(O)[C@H](N(C)C)C3[C@H](O)C1[C@@H]2C. The number of benzene rings is 1. The third-order valence-electron chi connectivity index (χ3n) is 7.54. The number of phenols is 1. The number of carbonyl (C=O) groups is 4. The minimum absolute atomic E-state index is 0.248. The molecule has 6 atom stereocenters. The van der Waals surface area contributed by atoms with Gasteiger partial charge in [0, 0.05) is 11.5 Å². The van der Waals surface area contributed by atoms with Gasteiger partial charge in [0.05, 0.1) is 30.7 Å². The molecule has 1 aromatic rings. The van der Waals surface area contributed by atoms with Crippen molar-refractivity contribution in [1.29, 1.82) is 0 Å². The quantitative estimate of drug-likeness (QED) is 0.228. The maximum absolute atomic E-state index is 13.6. The van der Waals surface area contributed by atoms with Crippen LogP contribution in [0.1, 0.15) is 39.1 Å². The monoisotopic (exact) mass is 502 g/mol. The Balaban J connectivity index is 2.04. The summed E-state index contributed by atoms with van der Waals surface area (Å²) in [5.74, 6) is -11.0. The van der Waals surface area contributed by atoms with Crippen molar-refractivity contribution in [2.24, 2.45) is 17.6 Å². The Bertz CT molecular complexity index is 1300. The first-order chi connectivity index (χ1) is 16.7. The molecule has 1 amide bonds. The van der Waals surface area contributed by atoms with Crippen molar-refractivity contribution in [2.45, 2.75) is 30.6 Å². The fourth-order valence-corrected chi connectivity index (χ4v) is 5.90. The van der Waals surface area contributed by atoms with Crippen LogP contribution >= 0.6 is 0 Å². The number of hydrogen-bond donors (Lipinski definition) is 6. The Morgan fingerprint density at radius 1 is 1.14 bits per heavy atom. The van der Waals surface area contributed by atoms with Gasteiger partial charge in [0.2, 0.25) is 5.78 Å². The minimum atomic E-state index is -3.00. The van der Waals surface area contributed by atoms with Crippen LogP contribution in [0.4, 0.5) is 0 Å². The molecule has 0 heterocycles. The molecule has 0 saturated heterocycles. The third kappa shape index (κ3) is 2.98. The molecule has 3 unspecified atom stereocenters. The van der Waals surface area contributed by atoms with E-state index in [1.165, 1.54) is 31.1 Å². The average Bonchev–Trinajstić information content (AvgIpc) is 2.80. The number of aromatic hydroxyl groups is 1. The number of hydrogen-bond acceptors (Lipinski definition) is 11. The highest BCUT2D eigenvalue weighted by Crippen LogP contribution is 2.55. The summed E-state index contributed by atoms with van der Waals surface area (Å²) in [5.41, 5.74) is 0.306. The van der Waals surface area contributed by atoms with Crippen molar-refractivity contribution in [3.05, 3.63) is 51.5 Å².